The summed E-state index contributed by atoms with van der Waals surface area (Å²) >= 11 is 0. The van der Waals surface area contributed by atoms with Gasteiger partial charge in [0.1, 0.15) is 54.4 Å². The molecule has 0 aliphatic carbocycles. The van der Waals surface area contributed by atoms with Crippen LogP contribution in [-0.2, 0) is 43.2 Å². The molecule has 2 rings (SSSR count). The van der Waals surface area contributed by atoms with Crippen LogP contribution in [-0.4, -0.2) is 119 Å². The van der Waals surface area contributed by atoms with E-state index in [1.54, 1.807) is 27.7 Å². The van der Waals surface area contributed by atoms with Gasteiger partial charge in [-0.3, -0.25) is 43.2 Å². The van der Waals surface area contributed by atoms with Crippen molar-refractivity contribution < 1.29 is 43.2 Å². The third kappa shape index (κ3) is 18.1. The Hall–Kier alpha value is -4.77. The molecule has 9 atom stereocenters. The normalized spacial score (nSPS) is 27.9. The standard InChI is InChI=1S/C48H85N9O9/c1-24(2)19-32-41(59)51-33(20-25(3)4)42(60)52-34(21-26(5)6)43(61)55-38(29(11)12)46(64)53-35(22-27(7)8)44(62)56-39(30(13)14)47(65)54-36(23-28(9)10)48(66)57-18-16-17-37(57)45(63)49-31(15)40(58)50-32/h24-39H,16-23H2,1-15H3,(H,49,63)(H,50,58)(H,51,59)(H,52,60)(H,53,64)(H,54,65)(H,55,61)(H,56,62)/t31-,32-,33-,34-,35-,36-,37-,38-,39-/m0/s1. The second-order valence-electron chi connectivity index (χ2n) is 21.3. The Morgan fingerprint density at radius 2 is 0.697 bits per heavy atom. The average molecular weight is 932 g/mol. The fourth-order valence-electron chi connectivity index (χ4n) is 8.32. The van der Waals surface area contributed by atoms with E-state index in [4.69, 9.17) is 0 Å². The monoisotopic (exact) mass is 932 g/mol. The first-order valence-electron chi connectivity index (χ1n) is 24.4. The summed E-state index contributed by atoms with van der Waals surface area (Å²) in [6.45, 7) is 27.5. The van der Waals surface area contributed by atoms with Gasteiger partial charge in [0.15, 0.2) is 0 Å². The zero-order valence-electron chi connectivity index (χ0n) is 42.5. The Labute approximate surface area is 393 Å². The Balaban J connectivity index is 2.74. The summed E-state index contributed by atoms with van der Waals surface area (Å²) in [6, 6.07) is -9.79. The third-order valence-corrected chi connectivity index (χ3v) is 11.8. The maximum atomic E-state index is 14.3. The minimum atomic E-state index is -1.13. The number of fused-ring (bicyclic) bond motifs is 1. The Morgan fingerprint density at radius 3 is 1.05 bits per heavy atom. The molecule has 376 valence electrons. The molecule has 0 bridgehead atoms. The van der Waals surface area contributed by atoms with E-state index in [2.05, 4.69) is 42.5 Å². The molecule has 18 heteroatoms. The van der Waals surface area contributed by atoms with Crippen molar-refractivity contribution in [3.63, 3.8) is 0 Å². The molecule has 0 aromatic rings. The molecular weight excluding hydrogens is 847 g/mol. The Kier molecular flexibility index (Phi) is 23.1. The summed E-state index contributed by atoms with van der Waals surface area (Å²) in [5, 5.41) is 22.5. The van der Waals surface area contributed by atoms with E-state index in [1.807, 2.05) is 69.2 Å². The Morgan fingerprint density at radius 1 is 0.394 bits per heavy atom. The molecule has 66 heavy (non-hydrogen) atoms. The van der Waals surface area contributed by atoms with E-state index in [0.717, 1.165) is 0 Å². The lowest BCUT2D eigenvalue weighted by Crippen LogP contribution is -2.61. The van der Waals surface area contributed by atoms with Crippen LogP contribution in [0.2, 0.25) is 0 Å². The van der Waals surface area contributed by atoms with Gasteiger partial charge in [0, 0.05) is 6.54 Å². The van der Waals surface area contributed by atoms with Crippen LogP contribution in [0.1, 0.15) is 149 Å². The topological polar surface area (TPSA) is 253 Å². The lowest BCUT2D eigenvalue weighted by molar-refractivity contribution is -0.143. The number of nitrogens with zero attached hydrogens (tertiary/aromatic N) is 1. The van der Waals surface area contributed by atoms with Gasteiger partial charge in [-0.2, -0.15) is 0 Å². The van der Waals surface area contributed by atoms with Gasteiger partial charge in [0.05, 0.1) is 0 Å². The zero-order chi connectivity index (χ0) is 50.3. The first kappa shape index (κ1) is 57.4. The number of hydrogen-bond acceptors (Lipinski definition) is 9. The number of amides is 9. The molecule has 18 nitrogen and oxygen atoms in total. The van der Waals surface area contributed by atoms with Gasteiger partial charge in [0.25, 0.3) is 0 Å². The fraction of sp³-hybridized carbons (Fsp3) is 0.812. The maximum absolute atomic E-state index is 14.3. The molecule has 0 radical (unpaired) electrons. The second kappa shape index (κ2) is 26.5. The van der Waals surface area contributed by atoms with Gasteiger partial charge in [-0.1, -0.05) is 96.9 Å². The molecule has 9 amide bonds. The highest BCUT2D eigenvalue weighted by Crippen LogP contribution is 2.22. The number of rotatable bonds is 12. The predicted octanol–water partition coefficient (Wildman–Crippen LogP) is 2.43. The third-order valence-electron chi connectivity index (χ3n) is 11.8. The van der Waals surface area contributed by atoms with E-state index in [1.165, 1.54) is 11.8 Å². The molecule has 0 aromatic heterocycles. The maximum Gasteiger partial charge on any atom is 0.245 e. The van der Waals surface area contributed by atoms with Crippen molar-refractivity contribution in [3.05, 3.63) is 0 Å². The molecule has 2 saturated heterocycles. The highest BCUT2D eigenvalue weighted by atomic mass is 16.2. The van der Waals surface area contributed by atoms with Crippen LogP contribution in [0.15, 0.2) is 0 Å². The molecule has 0 spiro atoms. The highest BCUT2D eigenvalue weighted by molar-refractivity contribution is 5.99. The van der Waals surface area contributed by atoms with E-state index >= 15 is 0 Å². The lowest BCUT2D eigenvalue weighted by Gasteiger charge is -2.32. The number of carbonyl (C=O) groups is 9. The van der Waals surface area contributed by atoms with Crippen LogP contribution in [0.5, 0.6) is 0 Å². The van der Waals surface area contributed by atoms with Gasteiger partial charge in [0.2, 0.25) is 53.2 Å². The summed E-state index contributed by atoms with van der Waals surface area (Å²) in [4.78, 5) is 128. The average Bonchev–Trinajstić information content (AvgIpc) is 3.69. The van der Waals surface area contributed by atoms with E-state index in [0.29, 0.717) is 12.8 Å². The molecular formula is C48H85N9O9. The second-order valence-corrected chi connectivity index (χ2v) is 21.3. The number of carbonyl (C=O) groups excluding carboxylic acids is 9. The molecule has 2 heterocycles. The number of nitrogens with one attached hydrogen (secondary N) is 8. The Bertz CT molecular complexity index is 1700. The first-order chi connectivity index (χ1) is 30.6. The molecule has 2 fully saturated rings. The molecule has 0 unspecified atom stereocenters. The summed E-state index contributed by atoms with van der Waals surface area (Å²) < 4.78 is 0. The van der Waals surface area contributed by atoms with E-state index in [-0.39, 0.29) is 68.2 Å². The van der Waals surface area contributed by atoms with Crippen molar-refractivity contribution >= 4 is 53.2 Å². The van der Waals surface area contributed by atoms with Crippen molar-refractivity contribution in [2.75, 3.05) is 6.54 Å². The SMILES string of the molecule is CC(C)C[C@@H]1NC(=O)[C@H](C)NC(=O)[C@@H]2CCCN2C(=O)[C@H](CC(C)C)NC(=O)[C@H](C(C)C)NC(=O)[C@H](CC(C)C)NC(=O)[C@H](C(C)C)NC(=O)[C@H](CC(C)C)NC(=O)[C@H](CC(C)C)NC1=O. The molecule has 0 saturated carbocycles. The van der Waals surface area contributed by atoms with Crippen LogP contribution in [0.4, 0.5) is 0 Å². The van der Waals surface area contributed by atoms with Crippen molar-refractivity contribution in [3.8, 4) is 0 Å². The summed E-state index contributed by atoms with van der Waals surface area (Å²) in [5.74, 6) is -6.73. The van der Waals surface area contributed by atoms with Crippen LogP contribution in [0.3, 0.4) is 0 Å². The smallest absolute Gasteiger partial charge is 0.245 e. The highest BCUT2D eigenvalue weighted by Gasteiger charge is 2.41. The largest absolute Gasteiger partial charge is 0.343 e. The quantitative estimate of drug-likeness (QED) is 0.143. The van der Waals surface area contributed by atoms with Crippen molar-refractivity contribution in [2.24, 2.45) is 41.4 Å². The molecule has 2 aliphatic heterocycles. The first-order valence-corrected chi connectivity index (χ1v) is 24.4. The van der Waals surface area contributed by atoms with Crippen molar-refractivity contribution in [1.82, 2.24) is 47.4 Å². The van der Waals surface area contributed by atoms with Gasteiger partial charge in [-0.25, -0.2) is 0 Å². The summed E-state index contributed by atoms with van der Waals surface area (Å²) in [5.41, 5.74) is 0. The van der Waals surface area contributed by atoms with Crippen molar-refractivity contribution in [2.45, 2.75) is 203 Å². The lowest BCUT2D eigenvalue weighted by atomic mass is 9.96. The minimum Gasteiger partial charge on any atom is -0.343 e. The zero-order valence-corrected chi connectivity index (χ0v) is 42.5. The van der Waals surface area contributed by atoms with Crippen LogP contribution in [0.25, 0.3) is 0 Å². The van der Waals surface area contributed by atoms with Gasteiger partial charge >= 0.3 is 0 Å². The minimum absolute atomic E-state index is 0.0548. The van der Waals surface area contributed by atoms with E-state index < -0.39 is 119 Å². The summed E-state index contributed by atoms with van der Waals surface area (Å²) in [6.07, 6.45) is 1.85. The van der Waals surface area contributed by atoms with Crippen LogP contribution in [0, 0.1) is 41.4 Å². The van der Waals surface area contributed by atoms with Gasteiger partial charge < -0.3 is 47.4 Å². The predicted molar refractivity (Wildman–Crippen MR) is 253 cm³/mol. The fourth-order valence-corrected chi connectivity index (χ4v) is 8.32. The molecule has 0 aromatic carbocycles. The van der Waals surface area contributed by atoms with E-state index in [9.17, 15) is 43.2 Å². The van der Waals surface area contributed by atoms with Gasteiger partial charge in [-0.05, 0) is 93.3 Å². The van der Waals surface area contributed by atoms with Crippen LogP contribution >= 0.6 is 0 Å². The van der Waals surface area contributed by atoms with Crippen molar-refractivity contribution in [1.29, 1.82) is 0 Å². The molecule has 8 N–H and O–H groups in total. The van der Waals surface area contributed by atoms with Gasteiger partial charge in [-0.15, -0.1) is 0 Å². The number of hydrogen-bond donors (Lipinski definition) is 8. The summed E-state index contributed by atoms with van der Waals surface area (Å²) in [7, 11) is 0. The van der Waals surface area contributed by atoms with Crippen LogP contribution < -0.4 is 42.5 Å². The molecule has 2 aliphatic rings.